The van der Waals surface area contributed by atoms with Gasteiger partial charge >= 0.3 is 0 Å². The Kier molecular flexibility index (Phi) is 7.86. The number of phenolic OH excluding ortho intramolecular Hbond substituents is 1. The lowest BCUT2D eigenvalue weighted by Gasteiger charge is -2.50. The van der Waals surface area contributed by atoms with Crippen molar-refractivity contribution < 1.29 is 34.8 Å². The van der Waals surface area contributed by atoms with Gasteiger partial charge in [-0.2, -0.15) is 0 Å². The first-order valence-corrected chi connectivity index (χ1v) is 14.4. The number of nitrogens with two attached hydrogens (primary N) is 1. The normalized spacial score (nSPS) is 28.1. The predicted molar refractivity (Wildman–Crippen MR) is 156 cm³/mol. The molecule has 1 amide bonds. The summed E-state index contributed by atoms with van der Waals surface area (Å²) >= 11 is 0. The van der Waals surface area contributed by atoms with Gasteiger partial charge in [-0.05, 0) is 82.9 Å². The molecule has 3 aliphatic carbocycles. The predicted octanol–water partition coefficient (Wildman–Crippen LogP) is 0.119. The fraction of sp³-hybridized carbons (Fsp3) is 0.567. The molecule has 1 saturated heterocycles. The van der Waals surface area contributed by atoms with Crippen molar-refractivity contribution in [2.24, 2.45) is 23.5 Å². The summed E-state index contributed by atoms with van der Waals surface area (Å²) < 4.78 is 0. The van der Waals surface area contributed by atoms with Crippen LogP contribution in [0.4, 0.5) is 5.69 Å². The maximum Gasteiger partial charge on any atom is 0.255 e. The minimum absolute atomic E-state index is 0.0545. The number of phenols is 1. The van der Waals surface area contributed by atoms with E-state index in [9.17, 15) is 34.8 Å². The summed E-state index contributed by atoms with van der Waals surface area (Å²) in [4.78, 5) is 42.9. The number of nitrogens with zero attached hydrogens (tertiary/aromatic N) is 2. The van der Waals surface area contributed by atoms with E-state index in [2.05, 4.69) is 10.6 Å². The Morgan fingerprint density at radius 3 is 2.40 bits per heavy atom. The molecule has 8 N–H and O–H groups in total. The quantitative estimate of drug-likeness (QED) is 0.216. The molecule has 2 fully saturated rings. The van der Waals surface area contributed by atoms with Crippen molar-refractivity contribution in [3.05, 3.63) is 39.7 Å². The van der Waals surface area contributed by atoms with Gasteiger partial charge in [-0.15, -0.1) is 0 Å². The number of carbonyl (C=O) groups is 3. The number of amides is 1. The highest BCUT2D eigenvalue weighted by Crippen LogP contribution is 2.54. The van der Waals surface area contributed by atoms with Crippen molar-refractivity contribution in [1.82, 2.24) is 15.5 Å². The second-order valence-corrected chi connectivity index (χ2v) is 12.4. The SMILES string of the molecule is CN(C)c1cc(CNCC2CCNCC2)c(O)c2c1C[C@H]1C[C@H]3[C@H](N(C)C)C(=O)C(C(N)=O)=C(O)[C@@]3(O)C(=O)C1=C2O. The van der Waals surface area contributed by atoms with Gasteiger partial charge in [0.15, 0.2) is 11.4 Å². The zero-order valence-electron chi connectivity index (χ0n) is 24.5. The van der Waals surface area contributed by atoms with Crippen LogP contribution >= 0.6 is 0 Å². The molecule has 4 aliphatic rings. The average Bonchev–Trinajstić information content (AvgIpc) is 2.92. The van der Waals surface area contributed by atoms with Gasteiger partial charge in [0.25, 0.3) is 5.91 Å². The number of aromatic hydroxyl groups is 1. The zero-order valence-corrected chi connectivity index (χ0v) is 24.5. The van der Waals surface area contributed by atoms with Crippen molar-refractivity contribution >= 4 is 28.9 Å². The van der Waals surface area contributed by atoms with Crippen molar-refractivity contribution in [1.29, 1.82) is 0 Å². The number of hydrogen-bond donors (Lipinski definition) is 7. The van der Waals surface area contributed by atoms with Gasteiger partial charge in [-0.3, -0.25) is 19.3 Å². The molecule has 0 aromatic heterocycles. The number of benzene rings is 1. The van der Waals surface area contributed by atoms with Gasteiger partial charge in [0.1, 0.15) is 22.8 Å². The topological polar surface area (TPSA) is 189 Å². The number of Topliss-reactive ketones (excluding diaryl/α,β-unsaturated/α-hetero) is 2. The minimum Gasteiger partial charge on any atom is -0.508 e. The molecule has 0 unspecified atom stereocenters. The van der Waals surface area contributed by atoms with Crippen molar-refractivity contribution in [3.63, 3.8) is 0 Å². The second kappa shape index (κ2) is 11.0. The number of ketones is 2. The molecule has 12 heteroatoms. The lowest BCUT2D eigenvalue weighted by atomic mass is 9.57. The molecular weight excluding hydrogens is 542 g/mol. The molecule has 42 heavy (non-hydrogen) atoms. The van der Waals surface area contributed by atoms with Crippen LogP contribution in [0.25, 0.3) is 5.76 Å². The molecule has 1 aromatic rings. The summed E-state index contributed by atoms with van der Waals surface area (Å²) in [5.74, 6) is -5.98. The van der Waals surface area contributed by atoms with Gasteiger partial charge < -0.3 is 41.7 Å². The summed E-state index contributed by atoms with van der Waals surface area (Å²) in [6.45, 7) is 3.06. The first kappa shape index (κ1) is 30.0. The number of anilines is 1. The number of fused-ring (bicyclic) bond motifs is 3. The van der Waals surface area contributed by atoms with E-state index in [0.29, 0.717) is 23.6 Å². The van der Waals surface area contributed by atoms with Crippen LogP contribution in [0.2, 0.25) is 0 Å². The van der Waals surface area contributed by atoms with Gasteiger partial charge in [-0.1, -0.05) is 0 Å². The van der Waals surface area contributed by atoms with E-state index in [1.165, 1.54) is 4.90 Å². The van der Waals surface area contributed by atoms with E-state index in [1.54, 1.807) is 14.1 Å². The van der Waals surface area contributed by atoms with E-state index in [0.717, 1.165) is 38.2 Å². The number of piperidine rings is 1. The third kappa shape index (κ3) is 4.57. The third-order valence-corrected chi connectivity index (χ3v) is 9.47. The van der Waals surface area contributed by atoms with Crippen LogP contribution in [-0.4, -0.2) is 102 Å². The third-order valence-electron chi connectivity index (χ3n) is 9.47. The Morgan fingerprint density at radius 1 is 1.14 bits per heavy atom. The van der Waals surface area contributed by atoms with Crippen molar-refractivity contribution in [3.8, 4) is 5.75 Å². The zero-order chi connectivity index (χ0) is 30.7. The summed E-state index contributed by atoms with van der Waals surface area (Å²) in [7, 11) is 6.87. The molecule has 0 radical (unpaired) electrons. The number of carbonyl (C=O) groups excluding carboxylic acids is 3. The number of nitrogens with one attached hydrogen (secondary N) is 2. The Balaban J connectivity index is 1.60. The Bertz CT molecular complexity index is 1390. The lowest BCUT2D eigenvalue weighted by Crippen LogP contribution is -2.65. The van der Waals surface area contributed by atoms with Gasteiger partial charge in [0, 0.05) is 43.4 Å². The van der Waals surface area contributed by atoms with Gasteiger partial charge in [-0.25, -0.2) is 0 Å². The van der Waals surface area contributed by atoms with Crippen LogP contribution < -0.4 is 21.3 Å². The molecule has 1 aromatic carbocycles. The number of rotatable bonds is 7. The monoisotopic (exact) mass is 583 g/mol. The fourth-order valence-corrected chi connectivity index (χ4v) is 7.38. The highest BCUT2D eigenvalue weighted by Gasteiger charge is 2.64. The number of hydrogen-bond acceptors (Lipinski definition) is 11. The standard InChI is InChI=1S/C30H41N5O7/c1-34(2)19-11-16(13-33-12-14-5-7-32-8-6-14)24(36)21-17(19)9-15-10-18-23(35(3)4)26(38)22(29(31)41)28(40)30(18,42)27(39)20(15)25(21)37/h11,14-15,18,23,32-33,36-37,40,42H,5-10,12-13H2,1-4H3,(H2,31,41)/t15-,18-,23-,30-/m0/s1. The highest BCUT2D eigenvalue weighted by molar-refractivity contribution is 6.24. The summed E-state index contributed by atoms with van der Waals surface area (Å²) in [6, 6.07) is 0.765. The lowest BCUT2D eigenvalue weighted by molar-refractivity contribution is -0.153. The summed E-state index contributed by atoms with van der Waals surface area (Å²) in [6.07, 6.45) is 2.42. The Hall–Kier alpha value is -3.45. The number of primary amides is 1. The molecule has 4 atom stereocenters. The number of aliphatic hydroxyl groups is 3. The molecule has 12 nitrogen and oxygen atoms in total. The van der Waals surface area contributed by atoms with E-state index < -0.39 is 58.0 Å². The average molecular weight is 584 g/mol. The number of aliphatic hydroxyl groups excluding tert-OH is 2. The molecule has 5 rings (SSSR count). The molecule has 228 valence electrons. The summed E-state index contributed by atoms with van der Waals surface area (Å²) in [5.41, 5.74) is 3.84. The largest absolute Gasteiger partial charge is 0.508 e. The van der Waals surface area contributed by atoms with Crippen LogP contribution in [0.15, 0.2) is 23.0 Å². The molecule has 1 saturated carbocycles. The maximum absolute atomic E-state index is 14.1. The first-order chi connectivity index (χ1) is 19.8. The molecule has 0 spiro atoms. The first-order valence-electron chi connectivity index (χ1n) is 14.4. The van der Waals surface area contributed by atoms with E-state index in [1.807, 2.05) is 25.1 Å². The van der Waals surface area contributed by atoms with Crippen LogP contribution in [0, 0.1) is 17.8 Å². The highest BCUT2D eigenvalue weighted by atomic mass is 16.3. The van der Waals surface area contributed by atoms with Crippen LogP contribution in [-0.2, 0) is 27.3 Å². The number of likely N-dealkylation sites (N-methyl/N-ethyl adjacent to an activating group) is 1. The smallest absolute Gasteiger partial charge is 0.255 e. The molecule has 1 aliphatic heterocycles. The van der Waals surface area contributed by atoms with E-state index >= 15 is 0 Å². The van der Waals surface area contributed by atoms with Crippen LogP contribution in [0.5, 0.6) is 5.75 Å². The van der Waals surface area contributed by atoms with Crippen LogP contribution in [0.3, 0.4) is 0 Å². The van der Waals surface area contributed by atoms with Crippen molar-refractivity contribution in [2.45, 2.75) is 43.9 Å². The van der Waals surface area contributed by atoms with Gasteiger partial charge in [0.05, 0.1) is 11.6 Å². The van der Waals surface area contributed by atoms with E-state index in [4.69, 9.17) is 5.73 Å². The Morgan fingerprint density at radius 2 is 1.81 bits per heavy atom. The van der Waals surface area contributed by atoms with Gasteiger partial charge in [0.2, 0.25) is 5.78 Å². The van der Waals surface area contributed by atoms with Crippen molar-refractivity contribution in [2.75, 3.05) is 52.7 Å². The van der Waals surface area contributed by atoms with E-state index in [-0.39, 0.29) is 29.7 Å². The Labute approximate surface area is 244 Å². The molecule has 1 heterocycles. The minimum atomic E-state index is -2.65. The van der Waals surface area contributed by atoms with Crippen LogP contribution in [0.1, 0.15) is 36.0 Å². The molecule has 0 bridgehead atoms. The summed E-state index contributed by atoms with van der Waals surface area (Å²) in [5, 5.41) is 52.7. The molecular formula is C30H41N5O7. The fourth-order valence-electron chi connectivity index (χ4n) is 7.38. The maximum atomic E-state index is 14.1. The second-order valence-electron chi connectivity index (χ2n) is 12.4.